The summed E-state index contributed by atoms with van der Waals surface area (Å²) in [7, 11) is 0. The molecular weight excluding hydrogens is 262 g/mol. The number of anilines is 3. The molecule has 0 bridgehead atoms. The maximum atomic E-state index is 6.16. The minimum atomic E-state index is 0.698. The van der Waals surface area contributed by atoms with Crippen LogP contribution in [-0.4, -0.2) is 14.8 Å². The Morgan fingerprint density at radius 2 is 2.10 bits per heavy atom. The van der Waals surface area contributed by atoms with Crippen LogP contribution in [-0.2, 0) is 6.54 Å². The fourth-order valence-corrected chi connectivity index (χ4v) is 2.44. The van der Waals surface area contributed by atoms with Gasteiger partial charge >= 0.3 is 0 Å². The predicted octanol–water partition coefficient (Wildman–Crippen LogP) is 3.48. The first-order valence-corrected chi connectivity index (χ1v) is 7.14. The summed E-state index contributed by atoms with van der Waals surface area (Å²) in [5.74, 6) is 0.853. The van der Waals surface area contributed by atoms with Gasteiger partial charge in [0, 0.05) is 23.8 Å². The summed E-state index contributed by atoms with van der Waals surface area (Å²) < 4.78 is 1.93. The molecule has 2 aromatic heterocycles. The molecule has 0 fully saturated rings. The third-order valence-electron chi connectivity index (χ3n) is 3.51. The monoisotopic (exact) mass is 281 g/mol. The quantitative estimate of drug-likeness (QED) is 0.768. The molecule has 0 aliphatic carbocycles. The van der Waals surface area contributed by atoms with Gasteiger partial charge in [0.15, 0.2) is 5.82 Å². The van der Waals surface area contributed by atoms with E-state index < -0.39 is 0 Å². The molecule has 0 spiro atoms. The Hall–Kier alpha value is -2.56. The first kappa shape index (κ1) is 13.4. The van der Waals surface area contributed by atoms with Gasteiger partial charge in [-0.1, -0.05) is 13.0 Å². The summed E-state index contributed by atoms with van der Waals surface area (Å²) >= 11 is 0. The minimum Gasteiger partial charge on any atom is -0.394 e. The van der Waals surface area contributed by atoms with E-state index in [0.29, 0.717) is 5.69 Å². The zero-order valence-electron chi connectivity index (χ0n) is 12.3. The number of nitrogens with zero attached hydrogens (tertiary/aromatic N) is 3. The van der Waals surface area contributed by atoms with Crippen molar-refractivity contribution in [2.75, 3.05) is 11.1 Å². The molecule has 0 atom stereocenters. The van der Waals surface area contributed by atoms with E-state index >= 15 is 0 Å². The van der Waals surface area contributed by atoms with Crippen LogP contribution in [0.5, 0.6) is 0 Å². The van der Waals surface area contributed by atoms with Gasteiger partial charge in [0.25, 0.3) is 0 Å². The van der Waals surface area contributed by atoms with Crippen molar-refractivity contribution < 1.29 is 0 Å². The average molecular weight is 281 g/mol. The second kappa shape index (κ2) is 5.44. The highest BCUT2D eigenvalue weighted by Crippen LogP contribution is 2.30. The smallest absolute Gasteiger partial charge is 0.152 e. The van der Waals surface area contributed by atoms with Crippen LogP contribution in [0.15, 0.2) is 36.5 Å². The number of hydrogen-bond donors (Lipinski definition) is 2. The Labute approximate surface area is 123 Å². The van der Waals surface area contributed by atoms with Crippen molar-refractivity contribution in [1.82, 2.24) is 14.8 Å². The van der Waals surface area contributed by atoms with Crippen molar-refractivity contribution in [2.45, 2.75) is 26.8 Å². The van der Waals surface area contributed by atoms with Crippen molar-refractivity contribution in [3.63, 3.8) is 0 Å². The van der Waals surface area contributed by atoms with Crippen LogP contribution in [0, 0.1) is 6.92 Å². The van der Waals surface area contributed by atoms with Gasteiger partial charge in [-0.15, -0.1) is 0 Å². The van der Waals surface area contributed by atoms with Gasteiger partial charge in [-0.2, -0.15) is 5.10 Å². The standard InChI is InChI=1S/C16H19N5/c1-3-10-21-16(15(17)11(2)20-21)19-14-8-4-7-13-12(14)6-5-9-18-13/h4-9,19H,3,10,17H2,1-2H3. The number of nitrogens with one attached hydrogen (secondary N) is 1. The first-order chi connectivity index (χ1) is 10.2. The Balaban J connectivity index is 2.06. The van der Waals surface area contributed by atoms with E-state index in [1.54, 1.807) is 6.20 Å². The van der Waals surface area contributed by atoms with Crippen LogP contribution in [0.1, 0.15) is 19.0 Å². The molecule has 0 saturated heterocycles. The summed E-state index contributed by atoms with van der Waals surface area (Å²) in [6, 6.07) is 10.0. The third kappa shape index (κ3) is 2.42. The van der Waals surface area contributed by atoms with Crippen LogP contribution in [0.25, 0.3) is 10.9 Å². The SMILES string of the molecule is CCCn1nc(C)c(N)c1Nc1cccc2ncccc12. The lowest BCUT2D eigenvalue weighted by Gasteiger charge is -2.12. The van der Waals surface area contributed by atoms with Crippen LogP contribution >= 0.6 is 0 Å². The Bertz CT molecular complexity index is 770. The fraction of sp³-hybridized carbons (Fsp3) is 0.250. The highest BCUT2D eigenvalue weighted by Gasteiger charge is 2.13. The summed E-state index contributed by atoms with van der Waals surface area (Å²) in [6.45, 7) is 4.89. The number of benzene rings is 1. The molecule has 0 unspecified atom stereocenters. The first-order valence-electron chi connectivity index (χ1n) is 7.14. The predicted molar refractivity (Wildman–Crippen MR) is 86.7 cm³/mol. The van der Waals surface area contributed by atoms with Gasteiger partial charge in [0.1, 0.15) is 0 Å². The van der Waals surface area contributed by atoms with Crippen LogP contribution < -0.4 is 11.1 Å². The maximum absolute atomic E-state index is 6.16. The van der Waals surface area contributed by atoms with E-state index in [1.807, 2.05) is 41.9 Å². The largest absolute Gasteiger partial charge is 0.394 e. The molecule has 0 amide bonds. The lowest BCUT2D eigenvalue weighted by Crippen LogP contribution is -2.06. The molecule has 21 heavy (non-hydrogen) atoms. The summed E-state index contributed by atoms with van der Waals surface area (Å²) in [4.78, 5) is 4.38. The molecule has 0 saturated carbocycles. The Morgan fingerprint density at radius 3 is 2.90 bits per heavy atom. The summed E-state index contributed by atoms with van der Waals surface area (Å²) in [6.07, 6.45) is 2.80. The van der Waals surface area contributed by atoms with Gasteiger partial charge in [0.2, 0.25) is 0 Å². The van der Waals surface area contributed by atoms with Crippen molar-refractivity contribution in [1.29, 1.82) is 0 Å². The molecule has 5 nitrogen and oxygen atoms in total. The molecule has 3 aromatic rings. The molecule has 0 aliphatic rings. The minimum absolute atomic E-state index is 0.698. The molecule has 3 N–H and O–H groups in total. The third-order valence-corrected chi connectivity index (χ3v) is 3.51. The molecule has 108 valence electrons. The fourth-order valence-electron chi connectivity index (χ4n) is 2.44. The Kier molecular flexibility index (Phi) is 3.48. The molecule has 5 heteroatoms. The van der Waals surface area contributed by atoms with Gasteiger partial charge < -0.3 is 11.1 Å². The lowest BCUT2D eigenvalue weighted by atomic mass is 10.2. The van der Waals surface area contributed by atoms with Crippen LogP contribution in [0.4, 0.5) is 17.2 Å². The van der Waals surface area contributed by atoms with Gasteiger partial charge in [-0.05, 0) is 37.6 Å². The summed E-state index contributed by atoms with van der Waals surface area (Å²) in [5, 5.41) is 8.99. The molecule has 0 aliphatic heterocycles. The van der Waals surface area contributed by atoms with Crippen molar-refractivity contribution in [2.24, 2.45) is 0 Å². The normalized spacial score (nSPS) is 11.0. The van der Waals surface area contributed by atoms with Gasteiger partial charge in [0.05, 0.1) is 16.9 Å². The van der Waals surface area contributed by atoms with Gasteiger partial charge in [-0.25, -0.2) is 4.68 Å². The maximum Gasteiger partial charge on any atom is 0.152 e. The molecule has 2 heterocycles. The van der Waals surface area contributed by atoms with E-state index in [2.05, 4.69) is 22.3 Å². The zero-order valence-corrected chi connectivity index (χ0v) is 12.3. The topological polar surface area (TPSA) is 68.8 Å². The van der Waals surface area contributed by atoms with Gasteiger partial charge in [-0.3, -0.25) is 4.98 Å². The number of nitrogen functional groups attached to an aromatic ring is 1. The highest BCUT2D eigenvalue weighted by atomic mass is 15.3. The van der Waals surface area contributed by atoms with E-state index in [9.17, 15) is 0 Å². The number of rotatable bonds is 4. The van der Waals surface area contributed by atoms with Crippen LogP contribution in [0.2, 0.25) is 0 Å². The van der Waals surface area contributed by atoms with Crippen molar-refractivity contribution >= 4 is 28.1 Å². The molecule has 3 rings (SSSR count). The summed E-state index contributed by atoms with van der Waals surface area (Å²) in [5.41, 5.74) is 9.66. The van der Waals surface area contributed by atoms with E-state index in [0.717, 1.165) is 41.1 Å². The van der Waals surface area contributed by atoms with E-state index in [1.165, 1.54) is 0 Å². The number of fused-ring (bicyclic) bond motifs is 1. The number of hydrogen-bond acceptors (Lipinski definition) is 4. The average Bonchev–Trinajstić information content (AvgIpc) is 2.76. The van der Waals surface area contributed by atoms with Crippen molar-refractivity contribution in [3.8, 4) is 0 Å². The lowest BCUT2D eigenvalue weighted by molar-refractivity contribution is 0.605. The second-order valence-corrected chi connectivity index (χ2v) is 5.07. The molecular formula is C16H19N5. The number of nitrogens with two attached hydrogens (primary N) is 1. The number of aryl methyl sites for hydroxylation is 2. The van der Waals surface area contributed by atoms with E-state index in [-0.39, 0.29) is 0 Å². The second-order valence-electron chi connectivity index (χ2n) is 5.07. The number of pyridine rings is 1. The Morgan fingerprint density at radius 1 is 1.24 bits per heavy atom. The van der Waals surface area contributed by atoms with Crippen molar-refractivity contribution in [3.05, 3.63) is 42.2 Å². The highest BCUT2D eigenvalue weighted by molar-refractivity contribution is 5.93. The molecule has 0 radical (unpaired) electrons. The van der Waals surface area contributed by atoms with E-state index in [4.69, 9.17) is 5.73 Å². The molecule has 1 aromatic carbocycles. The number of aromatic nitrogens is 3. The van der Waals surface area contributed by atoms with Crippen LogP contribution in [0.3, 0.4) is 0 Å². The zero-order chi connectivity index (χ0) is 14.8.